The third-order valence-corrected chi connectivity index (χ3v) is 7.40. The third kappa shape index (κ3) is 4.62. The second kappa shape index (κ2) is 10.2. The van der Waals surface area contributed by atoms with Crippen LogP contribution in [0.2, 0.25) is 0 Å². The first kappa shape index (κ1) is 23.7. The Morgan fingerprint density at radius 3 is 2.35 bits per heavy atom. The van der Waals surface area contributed by atoms with E-state index in [9.17, 15) is 19.5 Å². The molecule has 3 unspecified atom stereocenters. The summed E-state index contributed by atoms with van der Waals surface area (Å²) in [5.74, 6) is 4.21. The number of carbonyl (C=O) groups excluding carboxylic acids is 2. The molecule has 8 heteroatoms. The van der Waals surface area contributed by atoms with Gasteiger partial charge in [0.05, 0.1) is 5.37 Å². The van der Waals surface area contributed by atoms with Crippen LogP contribution in [0.15, 0.2) is 48.5 Å². The first-order valence-electron chi connectivity index (χ1n) is 11.1. The van der Waals surface area contributed by atoms with Crippen molar-refractivity contribution in [1.82, 2.24) is 10.2 Å². The van der Waals surface area contributed by atoms with Gasteiger partial charge in [0, 0.05) is 18.1 Å². The van der Waals surface area contributed by atoms with Crippen molar-refractivity contribution >= 4 is 29.7 Å². The Balaban J connectivity index is 1.46. The number of carboxylic acids is 1. The number of hydrogen-bond donors (Lipinski definition) is 2. The molecule has 0 saturated carbocycles. The summed E-state index contributed by atoms with van der Waals surface area (Å²) in [7, 11) is 0. The van der Waals surface area contributed by atoms with Gasteiger partial charge in [-0.05, 0) is 36.1 Å². The van der Waals surface area contributed by atoms with Crippen LogP contribution in [0.25, 0.3) is 11.1 Å². The fraction of sp³-hybridized carbons (Fsp3) is 0.346. The topological polar surface area (TPSA) is 95.9 Å². The molecule has 2 N–H and O–H groups in total. The predicted octanol–water partition coefficient (Wildman–Crippen LogP) is 3.68. The van der Waals surface area contributed by atoms with E-state index in [2.05, 4.69) is 29.3 Å². The average molecular weight is 479 g/mol. The minimum absolute atomic E-state index is 0.0692. The van der Waals surface area contributed by atoms with E-state index in [1.165, 1.54) is 16.7 Å². The van der Waals surface area contributed by atoms with Crippen LogP contribution in [-0.2, 0) is 14.3 Å². The minimum atomic E-state index is -1.06. The highest BCUT2D eigenvalue weighted by Crippen LogP contribution is 2.44. The highest BCUT2D eigenvalue weighted by atomic mass is 32.2. The molecule has 2 aromatic rings. The fourth-order valence-electron chi connectivity index (χ4n) is 4.53. The van der Waals surface area contributed by atoms with Gasteiger partial charge in [-0.3, -0.25) is 4.79 Å². The lowest BCUT2D eigenvalue weighted by Gasteiger charge is -2.29. The van der Waals surface area contributed by atoms with Gasteiger partial charge >= 0.3 is 12.1 Å². The van der Waals surface area contributed by atoms with E-state index in [4.69, 9.17) is 4.74 Å². The van der Waals surface area contributed by atoms with Crippen molar-refractivity contribution in [2.75, 3.05) is 12.4 Å². The van der Waals surface area contributed by atoms with Crippen LogP contribution >= 0.6 is 11.8 Å². The summed E-state index contributed by atoms with van der Waals surface area (Å²) in [4.78, 5) is 38.9. The Hall–Kier alpha value is -3.44. The van der Waals surface area contributed by atoms with E-state index in [1.807, 2.05) is 36.4 Å². The van der Waals surface area contributed by atoms with Crippen molar-refractivity contribution in [3.63, 3.8) is 0 Å². The van der Waals surface area contributed by atoms with E-state index in [0.29, 0.717) is 5.75 Å². The van der Waals surface area contributed by atoms with Crippen LogP contribution in [0.3, 0.4) is 0 Å². The number of aliphatic carboxylic acids is 1. The summed E-state index contributed by atoms with van der Waals surface area (Å²) in [6.45, 7) is 3.54. The summed E-state index contributed by atoms with van der Waals surface area (Å²) in [6.07, 6.45) is -0.663. The van der Waals surface area contributed by atoms with Crippen molar-refractivity contribution < 1.29 is 24.2 Å². The van der Waals surface area contributed by atoms with Crippen molar-refractivity contribution in [2.45, 2.75) is 43.6 Å². The van der Waals surface area contributed by atoms with Crippen LogP contribution < -0.4 is 5.32 Å². The number of nitrogens with zero attached hydrogens (tertiary/aromatic N) is 1. The number of nitrogens with one attached hydrogen (secondary N) is 1. The first-order valence-corrected chi connectivity index (χ1v) is 12.1. The third-order valence-electron chi connectivity index (χ3n) is 6.18. The zero-order valence-corrected chi connectivity index (χ0v) is 19.8. The molecule has 1 saturated heterocycles. The number of fused-ring (bicyclic) bond motifs is 3. The molecule has 176 valence electrons. The molecule has 1 fully saturated rings. The van der Waals surface area contributed by atoms with Gasteiger partial charge in [0.15, 0.2) is 0 Å². The van der Waals surface area contributed by atoms with Gasteiger partial charge < -0.3 is 20.1 Å². The van der Waals surface area contributed by atoms with Gasteiger partial charge in [-0.2, -0.15) is 0 Å². The summed E-state index contributed by atoms with van der Waals surface area (Å²) in [6, 6.07) is 14.1. The van der Waals surface area contributed by atoms with Crippen molar-refractivity contribution in [1.29, 1.82) is 0 Å². The van der Waals surface area contributed by atoms with Crippen LogP contribution in [0.1, 0.15) is 37.3 Å². The van der Waals surface area contributed by atoms with E-state index in [-0.39, 0.29) is 24.3 Å². The molecule has 0 bridgehead atoms. The van der Waals surface area contributed by atoms with Crippen LogP contribution in [0.4, 0.5) is 4.79 Å². The van der Waals surface area contributed by atoms with Crippen LogP contribution in [-0.4, -0.2) is 57.8 Å². The highest BCUT2D eigenvalue weighted by molar-refractivity contribution is 8.00. The van der Waals surface area contributed by atoms with Gasteiger partial charge in [-0.15, -0.1) is 23.6 Å². The number of rotatable bonds is 6. The molecule has 0 spiro atoms. The second-order valence-corrected chi connectivity index (χ2v) is 9.53. The summed E-state index contributed by atoms with van der Waals surface area (Å²) in [5.41, 5.74) is 4.43. The molecule has 0 aromatic heterocycles. The molecule has 2 aliphatic rings. The first-order chi connectivity index (χ1) is 16.4. The Labute approximate surface area is 202 Å². The van der Waals surface area contributed by atoms with Gasteiger partial charge in [0.2, 0.25) is 5.91 Å². The van der Waals surface area contributed by atoms with Crippen molar-refractivity contribution in [3.05, 3.63) is 59.7 Å². The summed E-state index contributed by atoms with van der Waals surface area (Å²) >= 11 is 1.39. The van der Waals surface area contributed by atoms with Crippen LogP contribution in [0, 0.1) is 11.8 Å². The number of alkyl carbamates (subject to hydrolysis) is 1. The Morgan fingerprint density at radius 1 is 1.15 bits per heavy atom. The number of ether oxygens (including phenoxy) is 1. The monoisotopic (exact) mass is 478 g/mol. The van der Waals surface area contributed by atoms with E-state index >= 15 is 0 Å². The lowest BCUT2D eigenvalue weighted by atomic mass is 9.98. The highest BCUT2D eigenvalue weighted by Gasteiger charge is 2.42. The molecule has 0 radical (unpaired) electrons. The SMILES string of the molecule is CC#CCC(NC(=O)OCC1c2ccccc2-c2ccccc21)C(=O)N1C(C)SCC1C(=O)O. The lowest BCUT2D eigenvalue weighted by molar-refractivity contribution is -0.149. The van der Waals surface area contributed by atoms with Crippen molar-refractivity contribution in [3.8, 4) is 23.0 Å². The smallest absolute Gasteiger partial charge is 0.407 e. The largest absolute Gasteiger partial charge is 0.480 e. The van der Waals surface area contributed by atoms with Gasteiger partial charge in [0.25, 0.3) is 0 Å². The quantitative estimate of drug-likeness (QED) is 0.615. The number of carbonyl (C=O) groups is 3. The van der Waals surface area contributed by atoms with Crippen LogP contribution in [0.5, 0.6) is 0 Å². The van der Waals surface area contributed by atoms with E-state index in [0.717, 1.165) is 22.3 Å². The average Bonchev–Trinajstić information content (AvgIpc) is 3.38. The molecule has 3 atom stereocenters. The zero-order valence-electron chi connectivity index (χ0n) is 19.0. The predicted molar refractivity (Wildman–Crippen MR) is 130 cm³/mol. The second-order valence-electron chi connectivity index (χ2n) is 8.19. The Kier molecular flexibility index (Phi) is 7.13. The number of thioether (sulfide) groups is 1. The lowest BCUT2D eigenvalue weighted by Crippen LogP contribution is -2.54. The molecule has 7 nitrogen and oxygen atoms in total. The maximum absolute atomic E-state index is 13.2. The van der Waals surface area contributed by atoms with E-state index in [1.54, 1.807) is 13.8 Å². The maximum Gasteiger partial charge on any atom is 0.407 e. The van der Waals surface area contributed by atoms with Gasteiger partial charge in [-0.25, -0.2) is 9.59 Å². The van der Waals surface area contributed by atoms with Crippen molar-refractivity contribution in [2.24, 2.45) is 0 Å². The fourth-order valence-corrected chi connectivity index (χ4v) is 5.71. The van der Waals surface area contributed by atoms with Gasteiger partial charge in [-0.1, -0.05) is 48.5 Å². The Bertz CT molecular complexity index is 1130. The minimum Gasteiger partial charge on any atom is -0.480 e. The standard InChI is InChI=1S/C26H26N2O5S/c1-3-4-13-22(24(29)28-16(2)34-15-23(28)25(30)31)27-26(32)33-14-21-19-11-7-5-9-17(19)18-10-6-8-12-20(18)21/h5-12,16,21-23H,13-15H2,1-2H3,(H,27,32)(H,30,31). The number of benzene rings is 2. The summed E-state index contributed by atoms with van der Waals surface area (Å²) < 4.78 is 5.57. The molecule has 1 heterocycles. The number of carboxylic acid groups (broad SMARTS) is 1. The molecule has 34 heavy (non-hydrogen) atoms. The zero-order chi connectivity index (χ0) is 24.2. The molecule has 2 amide bonds. The molecule has 4 rings (SSSR count). The molecular formula is C26H26N2O5S. The Morgan fingerprint density at radius 2 is 1.76 bits per heavy atom. The number of amides is 2. The maximum atomic E-state index is 13.2. The summed E-state index contributed by atoms with van der Waals surface area (Å²) in [5, 5.41) is 11.8. The van der Waals surface area contributed by atoms with Gasteiger partial charge in [0.1, 0.15) is 18.7 Å². The molecular weight excluding hydrogens is 452 g/mol. The van der Waals surface area contributed by atoms with E-state index < -0.39 is 30.1 Å². The molecule has 1 aliphatic heterocycles. The number of hydrogen-bond acceptors (Lipinski definition) is 5. The normalized spacial score (nSPS) is 19.4. The molecule has 1 aliphatic carbocycles. The molecule has 2 aromatic carbocycles.